The molecule has 0 unspecified atom stereocenters. The van der Waals surface area contributed by atoms with E-state index in [0.717, 1.165) is 25.8 Å². The zero-order valence-corrected chi connectivity index (χ0v) is 14.6. The first kappa shape index (κ1) is 16.7. The molecule has 2 aromatic carbocycles. The lowest BCUT2D eigenvalue weighted by Crippen LogP contribution is -2.38. The van der Waals surface area contributed by atoms with Crippen molar-refractivity contribution in [3.8, 4) is 0 Å². The molecule has 3 heteroatoms. The molecule has 1 amide bonds. The number of likely N-dealkylation sites (N-methyl/N-ethyl adjacent to an activating group) is 1. The molecule has 0 saturated heterocycles. The third-order valence-electron chi connectivity index (χ3n) is 4.82. The summed E-state index contributed by atoms with van der Waals surface area (Å²) in [6.07, 6.45) is 3.29. The Bertz CT molecular complexity index is 710. The van der Waals surface area contributed by atoms with E-state index < -0.39 is 0 Å². The molecular formula is C21H26N2O. The molecule has 0 spiro atoms. The van der Waals surface area contributed by atoms with E-state index in [1.54, 1.807) is 0 Å². The fourth-order valence-corrected chi connectivity index (χ4v) is 3.52. The summed E-state index contributed by atoms with van der Waals surface area (Å²) in [4.78, 5) is 14.5. The van der Waals surface area contributed by atoms with E-state index in [0.29, 0.717) is 6.54 Å². The maximum absolute atomic E-state index is 12.5. The molecule has 3 rings (SSSR count). The van der Waals surface area contributed by atoms with Crippen LogP contribution in [0, 0.1) is 6.92 Å². The van der Waals surface area contributed by atoms with E-state index in [-0.39, 0.29) is 11.9 Å². The van der Waals surface area contributed by atoms with Crippen LogP contribution >= 0.6 is 0 Å². The fraction of sp³-hybridized carbons (Fsp3) is 0.381. The predicted octanol–water partition coefficient (Wildman–Crippen LogP) is 3.62. The molecule has 1 atom stereocenters. The van der Waals surface area contributed by atoms with Crippen molar-refractivity contribution in [3.05, 3.63) is 70.8 Å². The van der Waals surface area contributed by atoms with Gasteiger partial charge >= 0.3 is 0 Å². The number of nitrogens with zero attached hydrogens (tertiary/aromatic N) is 1. The highest BCUT2D eigenvalue weighted by molar-refractivity contribution is 5.78. The fourth-order valence-electron chi connectivity index (χ4n) is 3.52. The number of carbonyl (C=O) groups excluding carboxylic acids is 1. The zero-order chi connectivity index (χ0) is 16.9. The molecule has 0 saturated carbocycles. The third kappa shape index (κ3) is 4.04. The van der Waals surface area contributed by atoms with Crippen molar-refractivity contribution in [1.82, 2.24) is 10.2 Å². The van der Waals surface area contributed by atoms with Crippen molar-refractivity contribution < 1.29 is 4.79 Å². The maximum atomic E-state index is 12.5. The molecule has 2 aromatic rings. The first-order valence-electron chi connectivity index (χ1n) is 8.73. The van der Waals surface area contributed by atoms with Crippen molar-refractivity contribution in [2.45, 2.75) is 38.8 Å². The quantitative estimate of drug-likeness (QED) is 0.912. The largest absolute Gasteiger partial charge is 0.348 e. The van der Waals surface area contributed by atoms with Gasteiger partial charge < -0.3 is 5.32 Å². The van der Waals surface area contributed by atoms with Crippen LogP contribution in [-0.2, 0) is 17.8 Å². The number of hydrogen-bond acceptors (Lipinski definition) is 2. The zero-order valence-electron chi connectivity index (χ0n) is 14.6. The topological polar surface area (TPSA) is 32.3 Å². The van der Waals surface area contributed by atoms with Crippen LogP contribution in [0.1, 0.15) is 41.1 Å². The Morgan fingerprint density at radius 1 is 1.17 bits per heavy atom. The average molecular weight is 322 g/mol. The number of rotatable bonds is 5. The van der Waals surface area contributed by atoms with Crippen LogP contribution in [0.15, 0.2) is 48.5 Å². The van der Waals surface area contributed by atoms with Crippen LogP contribution < -0.4 is 5.32 Å². The van der Waals surface area contributed by atoms with Crippen LogP contribution in [0.25, 0.3) is 0 Å². The van der Waals surface area contributed by atoms with Gasteiger partial charge in [-0.05, 0) is 55.5 Å². The molecule has 0 heterocycles. The molecule has 0 radical (unpaired) electrons. The minimum atomic E-state index is 0.104. The molecule has 3 nitrogen and oxygen atoms in total. The number of amides is 1. The normalized spacial score (nSPS) is 16.7. The van der Waals surface area contributed by atoms with Crippen molar-refractivity contribution in [3.63, 3.8) is 0 Å². The second-order valence-corrected chi connectivity index (χ2v) is 6.81. The SMILES string of the molecule is Cc1ccccc1CN(C)CC(=O)N[C@@H]1CCCc2ccccc21. The Balaban J connectivity index is 1.57. The van der Waals surface area contributed by atoms with E-state index >= 15 is 0 Å². The number of aryl methyl sites for hydroxylation is 2. The summed E-state index contributed by atoms with van der Waals surface area (Å²) < 4.78 is 0. The predicted molar refractivity (Wildman–Crippen MR) is 97.8 cm³/mol. The van der Waals surface area contributed by atoms with Gasteiger partial charge in [0, 0.05) is 6.54 Å². The molecule has 126 valence electrons. The Morgan fingerprint density at radius 3 is 2.75 bits per heavy atom. The summed E-state index contributed by atoms with van der Waals surface area (Å²) >= 11 is 0. The van der Waals surface area contributed by atoms with Crippen molar-refractivity contribution in [1.29, 1.82) is 0 Å². The van der Waals surface area contributed by atoms with Gasteiger partial charge in [0.25, 0.3) is 0 Å². The highest BCUT2D eigenvalue weighted by atomic mass is 16.2. The molecular weight excluding hydrogens is 296 g/mol. The van der Waals surface area contributed by atoms with E-state index in [1.165, 1.54) is 22.3 Å². The summed E-state index contributed by atoms with van der Waals surface area (Å²) in [5.41, 5.74) is 5.21. The van der Waals surface area contributed by atoms with Crippen molar-refractivity contribution in [2.75, 3.05) is 13.6 Å². The summed E-state index contributed by atoms with van der Waals surface area (Å²) in [7, 11) is 2.00. The van der Waals surface area contributed by atoms with Gasteiger partial charge in [0.2, 0.25) is 5.91 Å². The molecule has 0 aliphatic heterocycles. The first-order valence-corrected chi connectivity index (χ1v) is 8.73. The van der Waals surface area contributed by atoms with Gasteiger partial charge in [-0.3, -0.25) is 9.69 Å². The monoisotopic (exact) mass is 322 g/mol. The van der Waals surface area contributed by atoms with E-state index in [2.05, 4.69) is 59.6 Å². The average Bonchev–Trinajstić information content (AvgIpc) is 2.57. The lowest BCUT2D eigenvalue weighted by molar-refractivity contribution is -0.122. The number of hydrogen-bond donors (Lipinski definition) is 1. The minimum absolute atomic E-state index is 0.104. The highest BCUT2D eigenvalue weighted by Crippen LogP contribution is 2.29. The molecule has 0 fully saturated rings. The molecule has 1 N–H and O–H groups in total. The van der Waals surface area contributed by atoms with Crippen LogP contribution in [-0.4, -0.2) is 24.4 Å². The molecule has 1 aliphatic carbocycles. The smallest absolute Gasteiger partial charge is 0.234 e. The molecule has 0 bridgehead atoms. The standard InChI is InChI=1S/C21H26N2O/c1-16-8-3-4-10-18(16)14-23(2)15-21(24)22-20-13-7-11-17-9-5-6-12-19(17)20/h3-6,8-10,12,20H,7,11,13-15H2,1-2H3,(H,22,24)/t20-/m1/s1. The minimum Gasteiger partial charge on any atom is -0.348 e. The highest BCUT2D eigenvalue weighted by Gasteiger charge is 2.21. The molecule has 24 heavy (non-hydrogen) atoms. The van der Waals surface area contributed by atoms with Crippen LogP contribution in [0.4, 0.5) is 0 Å². The number of nitrogens with one attached hydrogen (secondary N) is 1. The summed E-state index contributed by atoms with van der Waals surface area (Å²) in [5, 5.41) is 3.23. The Kier molecular flexibility index (Phi) is 5.31. The van der Waals surface area contributed by atoms with Gasteiger partial charge in [0.15, 0.2) is 0 Å². The van der Waals surface area contributed by atoms with Gasteiger partial charge in [0.1, 0.15) is 0 Å². The van der Waals surface area contributed by atoms with Gasteiger partial charge in [-0.25, -0.2) is 0 Å². The maximum Gasteiger partial charge on any atom is 0.234 e. The first-order chi connectivity index (χ1) is 11.6. The van der Waals surface area contributed by atoms with E-state index in [9.17, 15) is 4.79 Å². The van der Waals surface area contributed by atoms with Crippen molar-refractivity contribution >= 4 is 5.91 Å². The van der Waals surface area contributed by atoms with E-state index in [1.807, 2.05) is 13.1 Å². The van der Waals surface area contributed by atoms with E-state index in [4.69, 9.17) is 0 Å². The lowest BCUT2D eigenvalue weighted by Gasteiger charge is -2.27. The van der Waals surface area contributed by atoms with Gasteiger partial charge in [-0.1, -0.05) is 48.5 Å². The summed E-state index contributed by atoms with van der Waals surface area (Å²) in [6.45, 7) is 3.33. The van der Waals surface area contributed by atoms with Crippen LogP contribution in [0.3, 0.4) is 0 Å². The Hall–Kier alpha value is -2.13. The molecule has 0 aromatic heterocycles. The second-order valence-electron chi connectivity index (χ2n) is 6.81. The van der Waals surface area contributed by atoms with Gasteiger partial charge in [-0.2, -0.15) is 0 Å². The van der Waals surface area contributed by atoms with Gasteiger partial charge in [-0.15, -0.1) is 0 Å². The Morgan fingerprint density at radius 2 is 1.92 bits per heavy atom. The molecule has 1 aliphatic rings. The lowest BCUT2D eigenvalue weighted by atomic mass is 9.88. The summed E-state index contributed by atoms with van der Waals surface area (Å²) in [6, 6.07) is 17.0. The number of fused-ring (bicyclic) bond motifs is 1. The summed E-state index contributed by atoms with van der Waals surface area (Å²) in [5.74, 6) is 0.104. The third-order valence-corrected chi connectivity index (χ3v) is 4.82. The Labute approximate surface area is 144 Å². The van der Waals surface area contributed by atoms with Crippen LogP contribution in [0.2, 0.25) is 0 Å². The van der Waals surface area contributed by atoms with Gasteiger partial charge in [0.05, 0.1) is 12.6 Å². The van der Waals surface area contributed by atoms with Crippen molar-refractivity contribution in [2.24, 2.45) is 0 Å². The van der Waals surface area contributed by atoms with Crippen LogP contribution in [0.5, 0.6) is 0 Å². The second kappa shape index (κ2) is 7.63. The number of benzene rings is 2. The number of carbonyl (C=O) groups is 1.